The number of hydrogen-bond donors (Lipinski definition) is 0. The second kappa shape index (κ2) is 6.70. The molecule has 3 aromatic carbocycles. The second-order valence-corrected chi connectivity index (χ2v) is 16.2. The summed E-state index contributed by atoms with van der Waals surface area (Å²) in [5, 5.41) is 0. The molecule has 0 amide bonds. The molecule has 0 fully saturated rings. The van der Waals surface area contributed by atoms with Crippen LogP contribution in [0.15, 0.2) is 72.8 Å². The Morgan fingerprint density at radius 1 is 0.478 bits per heavy atom. The van der Waals surface area contributed by atoms with E-state index in [1.165, 1.54) is 27.5 Å². The van der Waals surface area contributed by atoms with E-state index in [2.05, 4.69) is 93.6 Å². The summed E-state index contributed by atoms with van der Waals surface area (Å²) in [5.41, 5.74) is 3.80. The van der Waals surface area contributed by atoms with Crippen LogP contribution in [-0.2, 0) is 0 Å². The minimum atomic E-state index is -3.14. The summed E-state index contributed by atoms with van der Waals surface area (Å²) in [6, 6.07) is 26.3. The number of halogens is 1. The van der Waals surface area contributed by atoms with Crippen molar-refractivity contribution < 1.29 is 0 Å². The van der Waals surface area contributed by atoms with Gasteiger partial charge in [0.1, 0.15) is 0 Å². The predicted octanol–water partition coefficient (Wildman–Crippen LogP) is 3.82. The van der Waals surface area contributed by atoms with Crippen LogP contribution in [0.2, 0.25) is 0 Å². The molecule has 0 heterocycles. The molecule has 0 bridgehead atoms. The molecule has 23 heavy (non-hydrogen) atoms. The second-order valence-electron chi connectivity index (χ2n) is 5.98. The summed E-state index contributed by atoms with van der Waals surface area (Å²) < 4.78 is 3.85. The van der Waals surface area contributed by atoms with E-state index in [1.54, 1.807) is 0 Å². The number of hydrogen-bond acceptors (Lipinski definition) is 0. The Balaban J connectivity index is 2.21. The monoisotopic (exact) mass is 438 g/mol. The third-order valence-corrected chi connectivity index (χ3v) is 15.5. The molecule has 0 aromatic heterocycles. The van der Waals surface area contributed by atoms with E-state index in [1.807, 2.05) is 0 Å². The molecule has 3 aromatic rings. The molecule has 0 unspecified atom stereocenters. The summed E-state index contributed by atoms with van der Waals surface area (Å²) >= 11 is -3.14. The fourth-order valence-corrected chi connectivity index (χ4v) is 11.4. The number of rotatable bonds is 3. The topological polar surface area (TPSA) is 0 Å². The molecule has 0 saturated carbocycles. The van der Waals surface area contributed by atoms with Gasteiger partial charge in [-0.05, 0) is 0 Å². The van der Waals surface area contributed by atoms with Gasteiger partial charge in [0.15, 0.2) is 0 Å². The maximum atomic E-state index is 7.46. The van der Waals surface area contributed by atoms with Crippen LogP contribution in [0.1, 0.15) is 16.7 Å². The quantitative estimate of drug-likeness (QED) is 0.548. The molecule has 0 atom stereocenters. The van der Waals surface area contributed by atoms with Crippen LogP contribution in [0, 0.1) is 20.8 Å². The van der Waals surface area contributed by atoms with Gasteiger partial charge in [-0.3, -0.25) is 0 Å². The van der Waals surface area contributed by atoms with Crippen molar-refractivity contribution in [2.24, 2.45) is 0 Å². The van der Waals surface area contributed by atoms with E-state index in [-0.39, 0.29) is 0 Å². The average molecular weight is 436 g/mol. The van der Waals surface area contributed by atoms with Crippen LogP contribution in [0.4, 0.5) is 0 Å². The fourth-order valence-electron chi connectivity index (χ4n) is 2.59. The molecular formula is C21H21ClTe. The van der Waals surface area contributed by atoms with Crippen LogP contribution >= 0.6 is 8.96 Å². The Morgan fingerprint density at radius 2 is 0.696 bits per heavy atom. The van der Waals surface area contributed by atoms with Crippen molar-refractivity contribution >= 4 is 36.9 Å². The molecular weight excluding hydrogens is 415 g/mol. The summed E-state index contributed by atoms with van der Waals surface area (Å²) in [4.78, 5) is 0. The van der Waals surface area contributed by atoms with Crippen LogP contribution in [0.3, 0.4) is 0 Å². The SMILES string of the molecule is Cc1ccc([Te](Cl)(c2ccc(C)cc2)c2ccc(C)cc2)cc1. The zero-order valence-corrected chi connectivity index (χ0v) is 16.8. The molecule has 0 saturated heterocycles. The van der Waals surface area contributed by atoms with Crippen LogP contribution < -0.4 is 10.8 Å². The molecule has 0 spiro atoms. The normalized spacial score (nSPS) is 12.2. The predicted molar refractivity (Wildman–Crippen MR) is 104 cm³/mol. The molecule has 0 nitrogen and oxygen atoms in total. The van der Waals surface area contributed by atoms with Gasteiger partial charge in [0.2, 0.25) is 0 Å². The zero-order valence-electron chi connectivity index (χ0n) is 13.7. The molecule has 0 N–H and O–H groups in total. The first-order chi connectivity index (χ1) is 11.0. The van der Waals surface area contributed by atoms with Crippen molar-refractivity contribution in [2.45, 2.75) is 20.8 Å². The third-order valence-electron chi connectivity index (χ3n) is 4.04. The van der Waals surface area contributed by atoms with Crippen molar-refractivity contribution in [3.8, 4) is 0 Å². The first-order valence-corrected chi connectivity index (χ1v) is 14.2. The molecule has 0 aliphatic carbocycles. The first-order valence-electron chi connectivity index (χ1n) is 7.73. The van der Waals surface area contributed by atoms with Gasteiger partial charge in [0.05, 0.1) is 0 Å². The van der Waals surface area contributed by atoms with E-state index in [4.69, 9.17) is 8.96 Å². The molecule has 2 heteroatoms. The Bertz CT molecular complexity index is 676. The molecule has 0 aliphatic heterocycles. The van der Waals surface area contributed by atoms with Crippen molar-refractivity contribution in [1.29, 1.82) is 0 Å². The van der Waals surface area contributed by atoms with E-state index in [0.29, 0.717) is 0 Å². The van der Waals surface area contributed by atoms with Gasteiger partial charge in [-0.2, -0.15) is 0 Å². The average Bonchev–Trinajstić information content (AvgIpc) is 2.56. The van der Waals surface area contributed by atoms with E-state index >= 15 is 0 Å². The molecule has 118 valence electrons. The number of aryl methyl sites for hydroxylation is 3. The van der Waals surface area contributed by atoms with E-state index < -0.39 is 17.1 Å². The summed E-state index contributed by atoms with van der Waals surface area (Å²) in [6.07, 6.45) is 0. The zero-order chi connectivity index (χ0) is 16.4. The Kier molecular flexibility index (Phi) is 4.83. The van der Waals surface area contributed by atoms with Crippen molar-refractivity contribution in [3.05, 3.63) is 89.5 Å². The van der Waals surface area contributed by atoms with Crippen LogP contribution in [0.25, 0.3) is 0 Å². The third kappa shape index (κ3) is 3.33. The van der Waals surface area contributed by atoms with Crippen molar-refractivity contribution in [1.82, 2.24) is 0 Å². The van der Waals surface area contributed by atoms with Gasteiger partial charge in [-0.25, -0.2) is 0 Å². The van der Waals surface area contributed by atoms with Gasteiger partial charge in [0, 0.05) is 0 Å². The van der Waals surface area contributed by atoms with E-state index in [0.717, 1.165) is 0 Å². The molecule has 0 radical (unpaired) electrons. The summed E-state index contributed by atoms with van der Waals surface area (Å²) in [7, 11) is 7.46. The van der Waals surface area contributed by atoms with Crippen molar-refractivity contribution in [3.63, 3.8) is 0 Å². The number of benzene rings is 3. The summed E-state index contributed by atoms with van der Waals surface area (Å²) in [5.74, 6) is 0. The van der Waals surface area contributed by atoms with Gasteiger partial charge in [0.25, 0.3) is 0 Å². The van der Waals surface area contributed by atoms with Crippen LogP contribution in [-0.4, -0.2) is 17.1 Å². The van der Waals surface area contributed by atoms with Gasteiger partial charge < -0.3 is 0 Å². The van der Waals surface area contributed by atoms with Gasteiger partial charge in [-0.1, -0.05) is 0 Å². The van der Waals surface area contributed by atoms with Gasteiger partial charge >= 0.3 is 147 Å². The Hall–Kier alpha value is -1.26. The summed E-state index contributed by atoms with van der Waals surface area (Å²) in [6.45, 7) is 6.35. The molecule has 0 aliphatic rings. The fraction of sp³-hybridized carbons (Fsp3) is 0.143. The van der Waals surface area contributed by atoms with E-state index in [9.17, 15) is 0 Å². The Labute approximate surface area is 146 Å². The van der Waals surface area contributed by atoms with Crippen LogP contribution in [0.5, 0.6) is 0 Å². The van der Waals surface area contributed by atoms with Gasteiger partial charge in [-0.15, -0.1) is 0 Å². The standard InChI is InChI=1S/C21H21ClTe/c1-16-4-10-19(11-5-16)23(22,20-12-6-17(2)7-13-20)21-14-8-18(3)9-15-21/h4-15H,1-3H3. The maximum absolute atomic E-state index is 7.46. The molecule has 3 rings (SSSR count). The Morgan fingerprint density at radius 3 is 0.913 bits per heavy atom. The minimum absolute atomic E-state index is 1.27. The van der Waals surface area contributed by atoms with Crippen molar-refractivity contribution in [2.75, 3.05) is 0 Å². The first kappa shape index (κ1) is 16.6.